The minimum absolute atomic E-state index is 0.0978. The second kappa shape index (κ2) is 7.52. The second-order valence-electron chi connectivity index (χ2n) is 7.25. The maximum absolute atomic E-state index is 14.1. The third-order valence-electron chi connectivity index (χ3n) is 5.50. The van der Waals surface area contributed by atoms with E-state index in [9.17, 15) is 23.5 Å². The van der Waals surface area contributed by atoms with Crippen LogP contribution in [0.2, 0.25) is 0 Å². The van der Waals surface area contributed by atoms with Gasteiger partial charge in [0.25, 0.3) is 11.8 Å². The Labute approximate surface area is 156 Å². The number of hydrogen-bond acceptors (Lipinski definition) is 4. The van der Waals surface area contributed by atoms with Gasteiger partial charge < -0.3 is 20.1 Å². The SMILES string of the molecule is CN(C(=O)c1ccc(NC(=O)C(F)(F)C2(O)CCC2)cc1)C1CCOCC1. The monoisotopic (exact) mass is 382 g/mol. The van der Waals surface area contributed by atoms with E-state index in [1.807, 2.05) is 0 Å². The van der Waals surface area contributed by atoms with E-state index in [2.05, 4.69) is 5.32 Å². The summed E-state index contributed by atoms with van der Waals surface area (Å²) in [5.41, 5.74) is -1.71. The number of aliphatic hydroxyl groups is 1. The zero-order valence-electron chi connectivity index (χ0n) is 15.2. The molecule has 3 rings (SSSR count). The predicted octanol–water partition coefficient (Wildman–Crippen LogP) is 2.43. The number of carbonyl (C=O) groups excluding carboxylic acids is 2. The summed E-state index contributed by atoms with van der Waals surface area (Å²) in [6.07, 6.45) is 1.82. The van der Waals surface area contributed by atoms with Crippen molar-refractivity contribution in [2.75, 3.05) is 25.6 Å². The number of anilines is 1. The quantitative estimate of drug-likeness (QED) is 0.820. The third-order valence-corrected chi connectivity index (χ3v) is 5.50. The molecule has 0 aromatic heterocycles. The summed E-state index contributed by atoms with van der Waals surface area (Å²) in [4.78, 5) is 26.1. The lowest BCUT2D eigenvalue weighted by Gasteiger charge is -2.41. The maximum Gasteiger partial charge on any atom is 0.352 e. The molecule has 1 aromatic carbocycles. The van der Waals surface area contributed by atoms with Crippen LogP contribution in [0, 0.1) is 0 Å². The van der Waals surface area contributed by atoms with Gasteiger partial charge in [0.15, 0.2) is 0 Å². The van der Waals surface area contributed by atoms with E-state index in [1.54, 1.807) is 11.9 Å². The minimum atomic E-state index is -3.86. The van der Waals surface area contributed by atoms with Gasteiger partial charge in [-0.25, -0.2) is 0 Å². The Kier molecular flexibility index (Phi) is 5.48. The third kappa shape index (κ3) is 3.82. The standard InChI is InChI=1S/C19H24F2N2O4/c1-23(15-7-11-27-12-8-15)16(24)13-3-5-14(6-4-13)22-17(25)19(20,21)18(26)9-2-10-18/h3-6,15,26H,2,7-12H2,1H3,(H,22,25). The molecule has 148 valence electrons. The molecule has 8 heteroatoms. The molecule has 0 unspecified atom stereocenters. The van der Waals surface area contributed by atoms with Crippen molar-refractivity contribution in [3.63, 3.8) is 0 Å². The summed E-state index contributed by atoms with van der Waals surface area (Å²) >= 11 is 0. The van der Waals surface area contributed by atoms with Crippen LogP contribution in [-0.2, 0) is 9.53 Å². The van der Waals surface area contributed by atoms with Gasteiger partial charge in [-0.15, -0.1) is 0 Å². The number of rotatable bonds is 5. The van der Waals surface area contributed by atoms with Crippen molar-refractivity contribution in [3.05, 3.63) is 29.8 Å². The first-order valence-electron chi connectivity index (χ1n) is 9.11. The molecule has 1 saturated carbocycles. The molecule has 1 aliphatic heterocycles. The minimum Gasteiger partial charge on any atom is -0.383 e. The van der Waals surface area contributed by atoms with Crippen molar-refractivity contribution >= 4 is 17.5 Å². The molecule has 1 heterocycles. The van der Waals surface area contributed by atoms with Gasteiger partial charge in [0.05, 0.1) is 0 Å². The number of nitrogens with zero attached hydrogens (tertiary/aromatic N) is 1. The molecule has 0 atom stereocenters. The van der Waals surface area contributed by atoms with Crippen LogP contribution in [0.3, 0.4) is 0 Å². The number of carbonyl (C=O) groups is 2. The number of benzene rings is 1. The van der Waals surface area contributed by atoms with Crippen molar-refractivity contribution < 1.29 is 28.2 Å². The van der Waals surface area contributed by atoms with Gasteiger partial charge in [0.1, 0.15) is 5.60 Å². The van der Waals surface area contributed by atoms with Crippen LogP contribution in [0.1, 0.15) is 42.5 Å². The van der Waals surface area contributed by atoms with Crippen molar-refractivity contribution in [2.24, 2.45) is 0 Å². The van der Waals surface area contributed by atoms with E-state index in [-0.39, 0.29) is 30.5 Å². The maximum atomic E-state index is 14.1. The van der Waals surface area contributed by atoms with Gasteiger partial charge in [-0.2, -0.15) is 8.78 Å². The van der Waals surface area contributed by atoms with E-state index in [0.29, 0.717) is 25.2 Å². The first-order valence-corrected chi connectivity index (χ1v) is 9.11. The highest BCUT2D eigenvalue weighted by Gasteiger charge is 2.61. The molecule has 2 amide bonds. The van der Waals surface area contributed by atoms with Crippen molar-refractivity contribution in [3.8, 4) is 0 Å². The number of amides is 2. The molecule has 2 aliphatic rings. The van der Waals surface area contributed by atoms with Crippen molar-refractivity contribution in [1.82, 2.24) is 4.90 Å². The summed E-state index contributed by atoms with van der Waals surface area (Å²) < 4.78 is 33.5. The summed E-state index contributed by atoms with van der Waals surface area (Å²) in [5.74, 6) is -5.57. The number of hydrogen-bond donors (Lipinski definition) is 2. The van der Waals surface area contributed by atoms with E-state index >= 15 is 0 Å². The number of nitrogens with one attached hydrogen (secondary N) is 1. The number of halogens is 2. The first-order chi connectivity index (χ1) is 12.7. The lowest BCUT2D eigenvalue weighted by Crippen LogP contribution is -2.59. The highest BCUT2D eigenvalue weighted by molar-refractivity contribution is 5.98. The molecule has 0 spiro atoms. The highest BCUT2D eigenvalue weighted by Crippen LogP contribution is 2.44. The fourth-order valence-electron chi connectivity index (χ4n) is 3.38. The first kappa shape index (κ1) is 19.7. The van der Waals surface area contributed by atoms with Gasteiger partial charge >= 0.3 is 5.92 Å². The topological polar surface area (TPSA) is 78.9 Å². The zero-order valence-corrected chi connectivity index (χ0v) is 15.2. The highest BCUT2D eigenvalue weighted by atomic mass is 19.3. The van der Waals surface area contributed by atoms with Gasteiger partial charge in [-0.3, -0.25) is 9.59 Å². The van der Waals surface area contributed by atoms with E-state index < -0.39 is 17.4 Å². The molecule has 1 aromatic rings. The molecule has 0 bridgehead atoms. The smallest absolute Gasteiger partial charge is 0.352 e. The molecule has 27 heavy (non-hydrogen) atoms. The molecule has 0 radical (unpaired) electrons. The Morgan fingerprint density at radius 2 is 1.81 bits per heavy atom. The molecule has 6 nitrogen and oxygen atoms in total. The summed E-state index contributed by atoms with van der Waals surface area (Å²) in [6.45, 7) is 1.24. The van der Waals surface area contributed by atoms with E-state index in [0.717, 1.165) is 12.8 Å². The lowest BCUT2D eigenvalue weighted by molar-refractivity contribution is -0.212. The van der Waals surface area contributed by atoms with Crippen LogP contribution < -0.4 is 5.32 Å². The Balaban J connectivity index is 1.63. The average Bonchev–Trinajstić information content (AvgIpc) is 2.66. The molecular formula is C19H24F2N2O4. The summed E-state index contributed by atoms with van der Waals surface area (Å²) in [6, 6.07) is 5.90. The van der Waals surface area contributed by atoms with Gasteiger partial charge in [-0.1, -0.05) is 0 Å². The predicted molar refractivity (Wildman–Crippen MR) is 94.8 cm³/mol. The Bertz CT molecular complexity index is 698. The largest absolute Gasteiger partial charge is 0.383 e. The van der Waals surface area contributed by atoms with Crippen molar-refractivity contribution in [2.45, 2.75) is 49.7 Å². The van der Waals surface area contributed by atoms with Crippen molar-refractivity contribution in [1.29, 1.82) is 0 Å². The molecule has 1 aliphatic carbocycles. The fourth-order valence-corrected chi connectivity index (χ4v) is 3.38. The Hall–Kier alpha value is -2.06. The molecule has 1 saturated heterocycles. The number of ether oxygens (including phenoxy) is 1. The Morgan fingerprint density at radius 1 is 1.22 bits per heavy atom. The van der Waals surface area contributed by atoms with Crippen LogP contribution in [0.4, 0.5) is 14.5 Å². The van der Waals surface area contributed by atoms with E-state index in [1.165, 1.54) is 24.3 Å². The fraction of sp³-hybridized carbons (Fsp3) is 0.579. The molecular weight excluding hydrogens is 358 g/mol. The average molecular weight is 382 g/mol. The van der Waals surface area contributed by atoms with Gasteiger partial charge in [-0.05, 0) is 56.4 Å². The number of alkyl halides is 2. The molecule has 2 fully saturated rings. The second-order valence-corrected chi connectivity index (χ2v) is 7.25. The summed E-state index contributed by atoms with van der Waals surface area (Å²) in [5, 5.41) is 11.9. The van der Waals surface area contributed by atoms with Gasteiger partial charge in [0, 0.05) is 37.6 Å². The van der Waals surface area contributed by atoms with Crippen LogP contribution in [0.25, 0.3) is 0 Å². The molecule has 2 N–H and O–H groups in total. The van der Waals surface area contributed by atoms with Crippen LogP contribution in [0.15, 0.2) is 24.3 Å². The zero-order chi connectivity index (χ0) is 19.7. The van der Waals surface area contributed by atoms with Gasteiger partial charge in [0.2, 0.25) is 0 Å². The van der Waals surface area contributed by atoms with E-state index in [4.69, 9.17) is 4.74 Å². The Morgan fingerprint density at radius 3 is 2.33 bits per heavy atom. The normalized spacial score (nSPS) is 19.9. The van der Waals surface area contributed by atoms with Crippen LogP contribution in [-0.4, -0.2) is 59.6 Å². The van der Waals surface area contributed by atoms with Crippen LogP contribution in [0.5, 0.6) is 0 Å². The summed E-state index contributed by atoms with van der Waals surface area (Å²) in [7, 11) is 1.73. The lowest BCUT2D eigenvalue weighted by atomic mass is 9.75. The van der Waals surface area contributed by atoms with Crippen LogP contribution >= 0.6 is 0 Å².